The molecule has 3 nitrogen and oxygen atoms in total. The number of nitrogens with two attached hydrogens (primary N) is 1. The maximum Gasteiger partial charge on any atom is 0.140 e. The molecule has 1 aromatic carbocycles. The van der Waals surface area contributed by atoms with Crippen molar-refractivity contribution in [3.05, 3.63) is 53.5 Å². The summed E-state index contributed by atoms with van der Waals surface area (Å²) < 4.78 is 0. The minimum absolute atomic E-state index is 0.235. The lowest BCUT2D eigenvalue weighted by molar-refractivity contribution is 0.588. The van der Waals surface area contributed by atoms with Gasteiger partial charge in [-0.2, -0.15) is 0 Å². The van der Waals surface area contributed by atoms with Crippen LogP contribution < -0.4 is 5.73 Å². The van der Waals surface area contributed by atoms with E-state index >= 15 is 0 Å². The summed E-state index contributed by atoms with van der Waals surface area (Å²) in [5.74, 6) is 1.29. The average Bonchev–Trinajstić information content (AvgIpc) is 2.29. The number of aromatic nitrogens is 2. The molecule has 0 atom stereocenters. The third-order valence-corrected chi connectivity index (χ3v) is 2.93. The summed E-state index contributed by atoms with van der Waals surface area (Å²) in [5, 5.41) is 0. The predicted octanol–water partition coefficient (Wildman–Crippen LogP) is 2.69. The minimum Gasteiger partial charge on any atom is -0.384 e. The molecule has 3 heteroatoms. The molecule has 0 bridgehead atoms. The Hall–Kier alpha value is -1.90. The summed E-state index contributed by atoms with van der Waals surface area (Å²) in [7, 11) is 0. The van der Waals surface area contributed by atoms with Crippen molar-refractivity contribution in [3.8, 4) is 0 Å². The van der Waals surface area contributed by atoms with Crippen LogP contribution >= 0.6 is 0 Å². The normalized spacial score (nSPS) is 11.5. The number of benzene rings is 1. The fraction of sp³-hybridized carbons (Fsp3) is 0.286. The molecule has 0 aliphatic carbocycles. The zero-order chi connectivity index (χ0) is 12.5. The van der Waals surface area contributed by atoms with Crippen LogP contribution in [0.25, 0.3) is 0 Å². The summed E-state index contributed by atoms with van der Waals surface area (Å²) in [5.41, 5.74) is 7.63. The second-order valence-corrected chi connectivity index (χ2v) is 4.75. The topological polar surface area (TPSA) is 51.8 Å². The Morgan fingerprint density at radius 2 is 1.71 bits per heavy atom. The van der Waals surface area contributed by atoms with Crippen LogP contribution in [-0.2, 0) is 5.41 Å². The Morgan fingerprint density at radius 3 is 2.29 bits per heavy atom. The molecule has 2 aromatic rings. The molecule has 0 radical (unpaired) electrons. The fourth-order valence-corrected chi connectivity index (χ4v) is 1.86. The quantitative estimate of drug-likeness (QED) is 0.858. The van der Waals surface area contributed by atoms with Gasteiger partial charge in [0, 0.05) is 17.2 Å². The average molecular weight is 227 g/mol. The Bertz CT molecular complexity index is 498. The first-order chi connectivity index (χ1) is 8.00. The predicted molar refractivity (Wildman–Crippen MR) is 69.8 cm³/mol. The van der Waals surface area contributed by atoms with Crippen LogP contribution in [0.1, 0.15) is 30.9 Å². The SMILES string of the molecule is Cc1cc(N)nc(C(C)(C)c2ccccc2)n1. The highest BCUT2D eigenvalue weighted by molar-refractivity contribution is 5.36. The van der Waals surface area contributed by atoms with Gasteiger partial charge in [-0.25, -0.2) is 9.97 Å². The number of aryl methyl sites for hydroxylation is 1. The fourth-order valence-electron chi connectivity index (χ4n) is 1.86. The zero-order valence-corrected chi connectivity index (χ0v) is 10.4. The highest BCUT2D eigenvalue weighted by Crippen LogP contribution is 2.29. The van der Waals surface area contributed by atoms with Gasteiger partial charge in [-0.05, 0) is 26.3 Å². The van der Waals surface area contributed by atoms with E-state index in [1.165, 1.54) is 5.56 Å². The van der Waals surface area contributed by atoms with E-state index in [1.807, 2.05) is 25.1 Å². The van der Waals surface area contributed by atoms with Gasteiger partial charge in [0.25, 0.3) is 0 Å². The van der Waals surface area contributed by atoms with Gasteiger partial charge < -0.3 is 5.73 Å². The number of hydrogen-bond acceptors (Lipinski definition) is 3. The molecule has 0 amide bonds. The molecule has 2 rings (SSSR count). The molecule has 17 heavy (non-hydrogen) atoms. The van der Waals surface area contributed by atoms with Crippen LogP contribution in [0.2, 0.25) is 0 Å². The summed E-state index contributed by atoms with van der Waals surface area (Å²) in [6.45, 7) is 6.15. The molecule has 0 saturated heterocycles. The van der Waals surface area contributed by atoms with Gasteiger partial charge in [-0.3, -0.25) is 0 Å². The van der Waals surface area contributed by atoms with Crippen molar-refractivity contribution < 1.29 is 0 Å². The van der Waals surface area contributed by atoms with E-state index in [1.54, 1.807) is 6.07 Å². The lowest BCUT2D eigenvalue weighted by Gasteiger charge is -2.24. The zero-order valence-electron chi connectivity index (χ0n) is 10.4. The Morgan fingerprint density at radius 1 is 1.06 bits per heavy atom. The van der Waals surface area contributed by atoms with Crippen molar-refractivity contribution in [2.75, 3.05) is 5.73 Å². The summed E-state index contributed by atoms with van der Waals surface area (Å²) in [4.78, 5) is 8.84. The van der Waals surface area contributed by atoms with Gasteiger partial charge in [0.1, 0.15) is 11.6 Å². The first kappa shape index (κ1) is 11.6. The van der Waals surface area contributed by atoms with Crippen LogP contribution in [0, 0.1) is 6.92 Å². The Balaban J connectivity index is 2.51. The number of rotatable bonds is 2. The van der Waals surface area contributed by atoms with Crippen LogP contribution in [0.5, 0.6) is 0 Å². The Labute approximate surface area is 102 Å². The molecule has 0 aliphatic rings. The highest BCUT2D eigenvalue weighted by Gasteiger charge is 2.26. The molecule has 1 aromatic heterocycles. The van der Waals surface area contributed by atoms with Crippen molar-refractivity contribution in [2.24, 2.45) is 0 Å². The molecule has 2 N–H and O–H groups in total. The van der Waals surface area contributed by atoms with Crippen LogP contribution in [0.3, 0.4) is 0 Å². The van der Waals surface area contributed by atoms with E-state index in [9.17, 15) is 0 Å². The van der Waals surface area contributed by atoms with E-state index in [-0.39, 0.29) is 5.41 Å². The Kier molecular flexibility index (Phi) is 2.84. The van der Waals surface area contributed by atoms with Crippen molar-refractivity contribution >= 4 is 5.82 Å². The first-order valence-electron chi connectivity index (χ1n) is 5.67. The van der Waals surface area contributed by atoms with Gasteiger partial charge in [0.2, 0.25) is 0 Å². The van der Waals surface area contributed by atoms with Crippen LogP contribution in [-0.4, -0.2) is 9.97 Å². The number of nitrogen functional groups attached to an aromatic ring is 1. The number of nitrogens with zero attached hydrogens (tertiary/aromatic N) is 2. The lowest BCUT2D eigenvalue weighted by Crippen LogP contribution is -2.23. The van der Waals surface area contributed by atoms with Crippen molar-refractivity contribution in [3.63, 3.8) is 0 Å². The molecule has 88 valence electrons. The third kappa shape index (κ3) is 2.28. The van der Waals surface area contributed by atoms with Crippen molar-refractivity contribution in [1.29, 1.82) is 0 Å². The van der Waals surface area contributed by atoms with Crippen molar-refractivity contribution in [1.82, 2.24) is 9.97 Å². The molecule has 0 spiro atoms. The smallest absolute Gasteiger partial charge is 0.140 e. The van der Waals surface area contributed by atoms with Gasteiger partial charge in [-0.1, -0.05) is 30.3 Å². The summed E-state index contributed by atoms with van der Waals surface area (Å²) >= 11 is 0. The lowest BCUT2D eigenvalue weighted by atomic mass is 9.84. The van der Waals surface area contributed by atoms with E-state index in [0.29, 0.717) is 5.82 Å². The summed E-state index contributed by atoms with van der Waals surface area (Å²) in [6.07, 6.45) is 0. The van der Waals surface area contributed by atoms with E-state index in [2.05, 4.69) is 35.9 Å². The molecule has 0 unspecified atom stereocenters. The first-order valence-corrected chi connectivity index (χ1v) is 5.67. The van der Waals surface area contributed by atoms with E-state index < -0.39 is 0 Å². The maximum atomic E-state index is 5.78. The van der Waals surface area contributed by atoms with Gasteiger partial charge in [-0.15, -0.1) is 0 Å². The van der Waals surface area contributed by atoms with E-state index in [0.717, 1.165) is 11.5 Å². The van der Waals surface area contributed by atoms with E-state index in [4.69, 9.17) is 5.73 Å². The summed E-state index contributed by atoms with van der Waals surface area (Å²) in [6, 6.07) is 12.0. The molecule has 0 aliphatic heterocycles. The maximum absolute atomic E-state index is 5.78. The standard InChI is InChI=1S/C14H17N3/c1-10-9-12(15)17-13(16-10)14(2,3)11-7-5-4-6-8-11/h4-9H,1-3H3,(H2,15,16,17). The molecular formula is C14H17N3. The van der Waals surface area contributed by atoms with Crippen molar-refractivity contribution in [2.45, 2.75) is 26.2 Å². The highest BCUT2D eigenvalue weighted by atomic mass is 15.0. The monoisotopic (exact) mass is 227 g/mol. The molecule has 1 heterocycles. The second kappa shape index (κ2) is 4.17. The minimum atomic E-state index is -0.235. The van der Waals surface area contributed by atoms with Gasteiger partial charge in [0.05, 0.1) is 0 Å². The largest absolute Gasteiger partial charge is 0.384 e. The van der Waals surface area contributed by atoms with Gasteiger partial charge in [0.15, 0.2) is 0 Å². The number of anilines is 1. The molecule has 0 fully saturated rings. The second-order valence-electron chi connectivity index (χ2n) is 4.75. The van der Waals surface area contributed by atoms with Crippen LogP contribution in [0.4, 0.5) is 5.82 Å². The molecular weight excluding hydrogens is 210 g/mol. The van der Waals surface area contributed by atoms with Crippen LogP contribution in [0.15, 0.2) is 36.4 Å². The third-order valence-electron chi connectivity index (χ3n) is 2.93. The number of hydrogen-bond donors (Lipinski definition) is 1. The molecule has 0 saturated carbocycles. The van der Waals surface area contributed by atoms with Gasteiger partial charge >= 0.3 is 0 Å².